The Balaban J connectivity index is 1.68. The molecule has 0 radical (unpaired) electrons. The highest BCUT2D eigenvalue weighted by Gasteiger charge is 2.07. The molecule has 0 saturated heterocycles. The molecule has 1 N–H and O–H groups in total. The van der Waals surface area contributed by atoms with E-state index in [-0.39, 0.29) is 18.3 Å². The maximum atomic E-state index is 12.8. The van der Waals surface area contributed by atoms with Crippen LogP contribution in [0.1, 0.15) is 0 Å². The molecule has 0 aromatic heterocycles. The number of halogens is 1. The number of likely N-dealkylation sites (N-methyl/N-ethyl adjacent to an activating group) is 1. The molecule has 0 atom stereocenters. The molecule has 4 nitrogen and oxygen atoms in total. The van der Waals surface area contributed by atoms with Crippen LogP contribution >= 0.6 is 0 Å². The molecule has 0 aliphatic carbocycles. The van der Waals surface area contributed by atoms with Crippen molar-refractivity contribution in [2.75, 3.05) is 32.1 Å². The molecule has 5 heteroatoms. The Bertz CT molecular complexity index is 587. The monoisotopic (exact) mass is 302 g/mol. The van der Waals surface area contributed by atoms with Crippen LogP contribution in [-0.2, 0) is 4.79 Å². The van der Waals surface area contributed by atoms with Crippen LogP contribution in [0, 0.1) is 5.82 Å². The lowest BCUT2D eigenvalue weighted by molar-refractivity contribution is -0.117. The molecule has 0 aliphatic rings. The fourth-order valence-corrected chi connectivity index (χ4v) is 1.89. The van der Waals surface area contributed by atoms with E-state index in [2.05, 4.69) is 5.32 Å². The Kier molecular flexibility index (Phi) is 5.91. The van der Waals surface area contributed by atoms with Gasteiger partial charge in [-0.15, -0.1) is 0 Å². The van der Waals surface area contributed by atoms with Crippen LogP contribution in [0.2, 0.25) is 0 Å². The summed E-state index contributed by atoms with van der Waals surface area (Å²) < 4.78 is 18.4. The number of nitrogens with one attached hydrogen (secondary N) is 1. The first-order valence-corrected chi connectivity index (χ1v) is 7.05. The number of carbonyl (C=O) groups is 1. The number of amides is 1. The maximum Gasteiger partial charge on any atom is 0.238 e. The van der Waals surface area contributed by atoms with Gasteiger partial charge in [-0.05, 0) is 43.4 Å². The average Bonchev–Trinajstić information content (AvgIpc) is 2.50. The lowest BCUT2D eigenvalue weighted by Crippen LogP contribution is -2.33. The maximum absolute atomic E-state index is 12.8. The minimum Gasteiger partial charge on any atom is -0.492 e. The molecular formula is C17H19FN2O2. The van der Waals surface area contributed by atoms with Gasteiger partial charge in [0.15, 0.2) is 0 Å². The molecule has 0 saturated carbocycles. The van der Waals surface area contributed by atoms with Crippen molar-refractivity contribution in [3.63, 3.8) is 0 Å². The zero-order valence-corrected chi connectivity index (χ0v) is 12.5. The summed E-state index contributed by atoms with van der Waals surface area (Å²) in [5, 5.41) is 2.72. The van der Waals surface area contributed by atoms with Crippen LogP contribution in [0.15, 0.2) is 54.6 Å². The Morgan fingerprint density at radius 3 is 2.50 bits per heavy atom. The van der Waals surface area contributed by atoms with Crippen molar-refractivity contribution in [1.29, 1.82) is 0 Å². The second-order valence-corrected chi connectivity index (χ2v) is 4.95. The Morgan fingerprint density at radius 1 is 1.14 bits per heavy atom. The number of benzene rings is 2. The second kappa shape index (κ2) is 8.14. The van der Waals surface area contributed by atoms with E-state index < -0.39 is 0 Å². The van der Waals surface area contributed by atoms with Gasteiger partial charge in [-0.25, -0.2) is 4.39 Å². The third-order valence-corrected chi connectivity index (χ3v) is 3.03. The molecule has 2 aromatic carbocycles. The van der Waals surface area contributed by atoms with Gasteiger partial charge in [0.25, 0.3) is 0 Å². The minimum absolute atomic E-state index is 0.145. The summed E-state index contributed by atoms with van der Waals surface area (Å²) in [6, 6.07) is 15.2. The molecule has 116 valence electrons. The van der Waals surface area contributed by atoms with E-state index in [0.29, 0.717) is 18.8 Å². The fourth-order valence-electron chi connectivity index (χ4n) is 1.89. The molecular weight excluding hydrogens is 283 g/mol. The van der Waals surface area contributed by atoms with Gasteiger partial charge in [-0.1, -0.05) is 18.2 Å². The van der Waals surface area contributed by atoms with Crippen molar-refractivity contribution >= 4 is 11.6 Å². The van der Waals surface area contributed by atoms with Crippen molar-refractivity contribution in [1.82, 2.24) is 4.90 Å². The molecule has 0 bridgehead atoms. The van der Waals surface area contributed by atoms with Crippen molar-refractivity contribution in [3.8, 4) is 5.75 Å². The van der Waals surface area contributed by atoms with Gasteiger partial charge < -0.3 is 10.1 Å². The summed E-state index contributed by atoms with van der Waals surface area (Å²) in [6.07, 6.45) is 0. The first-order chi connectivity index (χ1) is 10.6. The van der Waals surface area contributed by atoms with Crippen LogP contribution in [0.25, 0.3) is 0 Å². The highest BCUT2D eigenvalue weighted by molar-refractivity contribution is 5.92. The predicted molar refractivity (Wildman–Crippen MR) is 84.5 cm³/mol. The molecule has 0 spiro atoms. The number of para-hydroxylation sites is 1. The van der Waals surface area contributed by atoms with Gasteiger partial charge in [-0.3, -0.25) is 9.69 Å². The van der Waals surface area contributed by atoms with Gasteiger partial charge in [0.05, 0.1) is 6.54 Å². The average molecular weight is 302 g/mol. The van der Waals surface area contributed by atoms with Crippen molar-refractivity contribution < 1.29 is 13.9 Å². The number of hydrogen-bond acceptors (Lipinski definition) is 3. The van der Waals surface area contributed by atoms with E-state index in [9.17, 15) is 9.18 Å². The molecule has 2 rings (SSSR count). The van der Waals surface area contributed by atoms with Gasteiger partial charge >= 0.3 is 0 Å². The highest BCUT2D eigenvalue weighted by Crippen LogP contribution is 2.09. The van der Waals surface area contributed by atoms with Crippen LogP contribution in [0.4, 0.5) is 10.1 Å². The van der Waals surface area contributed by atoms with Crippen LogP contribution in [-0.4, -0.2) is 37.6 Å². The normalized spacial score (nSPS) is 10.5. The largest absolute Gasteiger partial charge is 0.492 e. The summed E-state index contributed by atoms with van der Waals surface area (Å²) in [6.45, 7) is 1.38. The molecule has 0 fully saturated rings. The quantitative estimate of drug-likeness (QED) is 0.855. The summed E-state index contributed by atoms with van der Waals surface area (Å²) in [7, 11) is 1.85. The van der Waals surface area contributed by atoms with E-state index in [1.807, 2.05) is 42.3 Å². The third-order valence-electron chi connectivity index (χ3n) is 3.03. The number of ether oxygens (including phenoxy) is 1. The number of nitrogens with zero attached hydrogens (tertiary/aromatic N) is 1. The van der Waals surface area contributed by atoms with E-state index in [4.69, 9.17) is 4.74 Å². The first kappa shape index (κ1) is 16.0. The van der Waals surface area contributed by atoms with Crippen LogP contribution < -0.4 is 10.1 Å². The third kappa shape index (κ3) is 5.54. The van der Waals surface area contributed by atoms with Crippen LogP contribution in [0.3, 0.4) is 0 Å². The molecule has 0 heterocycles. The van der Waals surface area contributed by atoms with Crippen molar-refractivity contribution in [3.05, 3.63) is 60.4 Å². The predicted octanol–water partition coefficient (Wildman–Crippen LogP) is 2.78. The highest BCUT2D eigenvalue weighted by atomic mass is 19.1. The Labute approximate surface area is 129 Å². The zero-order chi connectivity index (χ0) is 15.8. The van der Waals surface area contributed by atoms with E-state index in [0.717, 1.165) is 5.75 Å². The van der Waals surface area contributed by atoms with Gasteiger partial charge in [0.2, 0.25) is 5.91 Å². The van der Waals surface area contributed by atoms with E-state index >= 15 is 0 Å². The zero-order valence-electron chi connectivity index (χ0n) is 12.5. The van der Waals surface area contributed by atoms with Gasteiger partial charge in [0, 0.05) is 12.2 Å². The standard InChI is InChI=1S/C17H19FN2O2/c1-20(11-12-22-16-5-3-2-4-6-16)13-17(21)19-15-9-7-14(18)8-10-15/h2-10H,11-13H2,1H3,(H,19,21). The minimum atomic E-state index is -0.326. The number of rotatable bonds is 7. The van der Waals surface area contributed by atoms with E-state index in [1.54, 1.807) is 0 Å². The Hall–Kier alpha value is -2.40. The van der Waals surface area contributed by atoms with Crippen molar-refractivity contribution in [2.45, 2.75) is 0 Å². The second-order valence-electron chi connectivity index (χ2n) is 4.95. The van der Waals surface area contributed by atoms with Crippen LogP contribution in [0.5, 0.6) is 5.75 Å². The summed E-state index contributed by atoms with van der Waals surface area (Å²) in [5.74, 6) is 0.341. The van der Waals surface area contributed by atoms with Gasteiger partial charge in [-0.2, -0.15) is 0 Å². The van der Waals surface area contributed by atoms with E-state index in [1.165, 1.54) is 24.3 Å². The first-order valence-electron chi connectivity index (χ1n) is 7.05. The molecule has 22 heavy (non-hydrogen) atoms. The topological polar surface area (TPSA) is 41.6 Å². The SMILES string of the molecule is CN(CCOc1ccccc1)CC(=O)Nc1ccc(F)cc1. The fraction of sp³-hybridized carbons (Fsp3) is 0.235. The summed E-state index contributed by atoms with van der Waals surface area (Å²) in [4.78, 5) is 13.7. The summed E-state index contributed by atoms with van der Waals surface area (Å²) >= 11 is 0. The Morgan fingerprint density at radius 2 is 1.82 bits per heavy atom. The number of carbonyl (C=O) groups excluding carboxylic acids is 1. The molecule has 1 amide bonds. The number of anilines is 1. The van der Waals surface area contributed by atoms with Gasteiger partial charge in [0.1, 0.15) is 18.2 Å². The lowest BCUT2D eigenvalue weighted by Gasteiger charge is -2.16. The number of hydrogen-bond donors (Lipinski definition) is 1. The lowest BCUT2D eigenvalue weighted by atomic mass is 10.3. The molecule has 0 aliphatic heterocycles. The molecule has 0 unspecified atom stereocenters. The smallest absolute Gasteiger partial charge is 0.238 e. The summed E-state index contributed by atoms with van der Waals surface area (Å²) in [5.41, 5.74) is 0.584. The van der Waals surface area contributed by atoms with Crippen molar-refractivity contribution in [2.24, 2.45) is 0 Å². The molecule has 2 aromatic rings.